The van der Waals surface area contributed by atoms with Gasteiger partial charge in [-0.2, -0.15) is 0 Å². The third-order valence-corrected chi connectivity index (χ3v) is 1.63. The van der Waals surface area contributed by atoms with Crippen molar-refractivity contribution in [3.8, 4) is 0 Å². The van der Waals surface area contributed by atoms with E-state index in [9.17, 15) is 4.79 Å². The molecule has 0 saturated carbocycles. The molecule has 0 atom stereocenters. The SMILES string of the molecule is CCN(/C=C/C(=O)OC)C(C)C. The van der Waals surface area contributed by atoms with E-state index in [4.69, 9.17) is 0 Å². The largest absolute Gasteiger partial charge is 0.466 e. The first kappa shape index (κ1) is 11.0. The Labute approximate surface area is 74.0 Å². The van der Waals surface area contributed by atoms with Gasteiger partial charge in [0, 0.05) is 24.9 Å². The molecule has 3 nitrogen and oxygen atoms in total. The highest BCUT2D eigenvalue weighted by atomic mass is 16.5. The number of hydrogen-bond acceptors (Lipinski definition) is 3. The van der Waals surface area contributed by atoms with Crippen molar-refractivity contribution in [3.05, 3.63) is 12.3 Å². The third-order valence-electron chi connectivity index (χ3n) is 1.63. The Kier molecular flexibility index (Phi) is 5.17. The molecule has 0 spiro atoms. The standard InChI is InChI=1S/C9H17NO2/c1-5-10(8(2)3)7-6-9(11)12-4/h6-8H,5H2,1-4H3/b7-6+. The number of methoxy groups -OCH3 is 1. The molecule has 0 bridgehead atoms. The van der Waals surface area contributed by atoms with Gasteiger partial charge < -0.3 is 9.64 Å². The van der Waals surface area contributed by atoms with Crippen LogP contribution in [0.5, 0.6) is 0 Å². The Hall–Kier alpha value is -0.990. The normalized spacial score (nSPS) is 10.8. The summed E-state index contributed by atoms with van der Waals surface area (Å²) in [6.07, 6.45) is 3.19. The summed E-state index contributed by atoms with van der Waals surface area (Å²) in [7, 11) is 1.37. The number of nitrogens with zero attached hydrogens (tertiary/aromatic N) is 1. The highest BCUT2D eigenvalue weighted by molar-refractivity contribution is 5.81. The van der Waals surface area contributed by atoms with E-state index in [2.05, 4.69) is 23.5 Å². The van der Waals surface area contributed by atoms with Crippen molar-refractivity contribution in [2.75, 3.05) is 13.7 Å². The van der Waals surface area contributed by atoms with Gasteiger partial charge >= 0.3 is 5.97 Å². The summed E-state index contributed by atoms with van der Waals surface area (Å²) < 4.78 is 4.47. The quantitative estimate of drug-likeness (QED) is 0.473. The molecule has 0 amide bonds. The molecule has 0 rings (SSSR count). The van der Waals surface area contributed by atoms with E-state index in [1.165, 1.54) is 13.2 Å². The number of carbonyl (C=O) groups is 1. The Morgan fingerprint density at radius 2 is 2.17 bits per heavy atom. The molecule has 70 valence electrons. The van der Waals surface area contributed by atoms with E-state index in [1.54, 1.807) is 6.20 Å². The molecule has 12 heavy (non-hydrogen) atoms. The van der Waals surface area contributed by atoms with Crippen LogP contribution in [-0.4, -0.2) is 30.6 Å². The van der Waals surface area contributed by atoms with Crippen molar-refractivity contribution < 1.29 is 9.53 Å². The second-order valence-corrected chi connectivity index (χ2v) is 2.76. The van der Waals surface area contributed by atoms with Crippen molar-refractivity contribution in [2.45, 2.75) is 26.8 Å². The van der Waals surface area contributed by atoms with Crippen molar-refractivity contribution in [3.63, 3.8) is 0 Å². The number of hydrogen-bond donors (Lipinski definition) is 0. The van der Waals surface area contributed by atoms with Crippen molar-refractivity contribution >= 4 is 5.97 Å². The van der Waals surface area contributed by atoms with Crippen LogP contribution >= 0.6 is 0 Å². The molecule has 0 N–H and O–H groups in total. The lowest BCUT2D eigenvalue weighted by atomic mass is 10.3. The Morgan fingerprint density at radius 3 is 2.50 bits per heavy atom. The van der Waals surface area contributed by atoms with Crippen molar-refractivity contribution in [1.82, 2.24) is 4.90 Å². The first-order chi connectivity index (χ1) is 5.61. The van der Waals surface area contributed by atoms with Crippen LogP contribution in [0.25, 0.3) is 0 Å². The summed E-state index contributed by atoms with van der Waals surface area (Å²) in [6.45, 7) is 7.09. The minimum Gasteiger partial charge on any atom is -0.466 e. The lowest BCUT2D eigenvalue weighted by Crippen LogP contribution is -2.25. The smallest absolute Gasteiger partial charge is 0.331 e. The van der Waals surface area contributed by atoms with Crippen LogP contribution in [0.15, 0.2) is 12.3 Å². The topological polar surface area (TPSA) is 29.5 Å². The molecule has 0 unspecified atom stereocenters. The van der Waals surface area contributed by atoms with Gasteiger partial charge in [0.15, 0.2) is 0 Å². The van der Waals surface area contributed by atoms with E-state index in [0.29, 0.717) is 6.04 Å². The Morgan fingerprint density at radius 1 is 1.58 bits per heavy atom. The van der Waals surface area contributed by atoms with E-state index in [0.717, 1.165) is 6.54 Å². The predicted molar refractivity (Wildman–Crippen MR) is 48.7 cm³/mol. The molecule has 0 aromatic rings. The van der Waals surface area contributed by atoms with Crippen LogP contribution < -0.4 is 0 Å². The van der Waals surface area contributed by atoms with Gasteiger partial charge in [-0.05, 0) is 20.8 Å². The minimum atomic E-state index is -0.311. The molecule has 0 saturated heterocycles. The van der Waals surface area contributed by atoms with Gasteiger partial charge in [-0.3, -0.25) is 0 Å². The average Bonchev–Trinajstić information content (AvgIpc) is 2.04. The third kappa shape index (κ3) is 4.01. The fourth-order valence-electron chi connectivity index (χ4n) is 0.867. The van der Waals surface area contributed by atoms with Crippen molar-refractivity contribution in [2.24, 2.45) is 0 Å². The molecular formula is C9H17NO2. The molecule has 3 heteroatoms. The molecule has 0 aliphatic heterocycles. The average molecular weight is 171 g/mol. The highest BCUT2D eigenvalue weighted by Crippen LogP contribution is 1.97. The minimum absolute atomic E-state index is 0.311. The number of rotatable bonds is 4. The van der Waals surface area contributed by atoms with Gasteiger partial charge in [-0.25, -0.2) is 4.79 Å². The molecule has 0 aromatic carbocycles. The molecule has 0 heterocycles. The second-order valence-electron chi connectivity index (χ2n) is 2.76. The zero-order valence-electron chi connectivity index (χ0n) is 8.20. The van der Waals surface area contributed by atoms with Crippen LogP contribution in [0.4, 0.5) is 0 Å². The number of carbonyl (C=O) groups excluding carboxylic acids is 1. The summed E-state index contributed by atoms with van der Waals surface area (Å²) in [4.78, 5) is 12.8. The molecule has 0 aliphatic carbocycles. The van der Waals surface area contributed by atoms with Crippen LogP contribution in [0.2, 0.25) is 0 Å². The van der Waals surface area contributed by atoms with E-state index in [1.807, 2.05) is 6.92 Å². The van der Waals surface area contributed by atoms with Crippen molar-refractivity contribution in [1.29, 1.82) is 0 Å². The molecule has 0 aliphatic rings. The van der Waals surface area contributed by atoms with E-state index in [-0.39, 0.29) is 5.97 Å². The van der Waals surface area contributed by atoms with Crippen LogP contribution in [0.1, 0.15) is 20.8 Å². The fourth-order valence-corrected chi connectivity index (χ4v) is 0.867. The maximum Gasteiger partial charge on any atom is 0.331 e. The monoisotopic (exact) mass is 171 g/mol. The first-order valence-electron chi connectivity index (χ1n) is 4.13. The lowest BCUT2D eigenvalue weighted by molar-refractivity contribution is -0.134. The summed E-state index contributed by atoms with van der Waals surface area (Å²) in [5.74, 6) is -0.311. The molecule has 0 fully saturated rings. The van der Waals surface area contributed by atoms with Crippen LogP contribution in [0, 0.1) is 0 Å². The summed E-state index contributed by atoms with van der Waals surface area (Å²) in [5, 5.41) is 0. The summed E-state index contributed by atoms with van der Waals surface area (Å²) in [5.41, 5.74) is 0. The Balaban J connectivity index is 4.01. The molecule has 0 radical (unpaired) electrons. The zero-order chi connectivity index (χ0) is 9.56. The van der Waals surface area contributed by atoms with Gasteiger partial charge in [0.2, 0.25) is 0 Å². The van der Waals surface area contributed by atoms with Crippen LogP contribution in [-0.2, 0) is 9.53 Å². The Bertz CT molecular complexity index is 164. The maximum absolute atomic E-state index is 10.7. The fraction of sp³-hybridized carbons (Fsp3) is 0.667. The number of ether oxygens (including phenoxy) is 1. The van der Waals surface area contributed by atoms with Gasteiger partial charge in [0.1, 0.15) is 0 Å². The van der Waals surface area contributed by atoms with E-state index < -0.39 is 0 Å². The van der Waals surface area contributed by atoms with Gasteiger partial charge in [-0.1, -0.05) is 0 Å². The van der Waals surface area contributed by atoms with Gasteiger partial charge in [0.05, 0.1) is 7.11 Å². The zero-order valence-corrected chi connectivity index (χ0v) is 8.20. The van der Waals surface area contributed by atoms with E-state index >= 15 is 0 Å². The highest BCUT2D eigenvalue weighted by Gasteiger charge is 2.00. The maximum atomic E-state index is 10.7. The lowest BCUT2D eigenvalue weighted by Gasteiger charge is -2.22. The predicted octanol–water partition coefficient (Wildman–Crippen LogP) is 1.40. The number of esters is 1. The first-order valence-corrected chi connectivity index (χ1v) is 4.13. The van der Waals surface area contributed by atoms with Gasteiger partial charge in [0.25, 0.3) is 0 Å². The second kappa shape index (κ2) is 5.63. The summed E-state index contributed by atoms with van der Waals surface area (Å²) in [6, 6.07) is 0.413. The van der Waals surface area contributed by atoms with Crippen LogP contribution in [0.3, 0.4) is 0 Å². The molecule has 0 aromatic heterocycles. The summed E-state index contributed by atoms with van der Waals surface area (Å²) >= 11 is 0. The molecular weight excluding hydrogens is 154 g/mol. The van der Waals surface area contributed by atoms with Gasteiger partial charge in [-0.15, -0.1) is 0 Å².